The first-order chi connectivity index (χ1) is 15.7. The lowest BCUT2D eigenvalue weighted by Gasteiger charge is -2.06. The van der Waals surface area contributed by atoms with Gasteiger partial charge >= 0.3 is 0 Å². The van der Waals surface area contributed by atoms with Crippen molar-refractivity contribution >= 4 is 18.0 Å². The fourth-order valence-corrected chi connectivity index (χ4v) is 2.91. The van der Waals surface area contributed by atoms with Crippen LogP contribution in [-0.2, 0) is 11.4 Å². The molecule has 32 heavy (non-hydrogen) atoms. The predicted molar refractivity (Wildman–Crippen MR) is 118 cm³/mol. The van der Waals surface area contributed by atoms with E-state index in [1.165, 1.54) is 6.21 Å². The summed E-state index contributed by atoms with van der Waals surface area (Å²) in [5, 5.41) is 6.45. The molecule has 0 atom stereocenters. The molecular formula is C24H21N3O5. The van der Waals surface area contributed by atoms with Gasteiger partial charge in [-0.25, -0.2) is 5.43 Å². The van der Waals surface area contributed by atoms with Gasteiger partial charge in [0, 0.05) is 5.56 Å². The molecule has 0 unspecified atom stereocenters. The lowest BCUT2D eigenvalue weighted by Crippen LogP contribution is -2.34. The molecule has 3 aromatic carbocycles. The van der Waals surface area contributed by atoms with E-state index in [0.29, 0.717) is 23.7 Å². The maximum Gasteiger partial charge on any atom is 0.259 e. The van der Waals surface area contributed by atoms with Crippen LogP contribution in [0.25, 0.3) is 0 Å². The largest absolute Gasteiger partial charge is 0.489 e. The predicted octanol–water partition coefficient (Wildman–Crippen LogP) is 2.87. The zero-order valence-corrected chi connectivity index (χ0v) is 17.1. The van der Waals surface area contributed by atoms with Gasteiger partial charge in [0.05, 0.1) is 12.8 Å². The van der Waals surface area contributed by atoms with Crippen molar-refractivity contribution in [3.05, 3.63) is 89.5 Å². The molecule has 0 spiro atoms. The van der Waals surface area contributed by atoms with Crippen molar-refractivity contribution in [1.82, 2.24) is 10.7 Å². The van der Waals surface area contributed by atoms with Gasteiger partial charge in [0.1, 0.15) is 12.4 Å². The number of fused-ring (bicyclic) bond motifs is 1. The highest BCUT2D eigenvalue weighted by Crippen LogP contribution is 2.32. The number of carbonyl (C=O) groups excluding carboxylic acids is 2. The summed E-state index contributed by atoms with van der Waals surface area (Å²) in [6, 6.07) is 22.0. The van der Waals surface area contributed by atoms with Crippen LogP contribution in [0.1, 0.15) is 21.5 Å². The second kappa shape index (κ2) is 10.1. The Morgan fingerprint density at radius 3 is 2.56 bits per heavy atom. The average Bonchev–Trinajstić information content (AvgIpc) is 3.31. The number of nitrogens with one attached hydrogen (secondary N) is 2. The smallest absolute Gasteiger partial charge is 0.259 e. The van der Waals surface area contributed by atoms with Gasteiger partial charge < -0.3 is 19.5 Å². The number of hydrogen-bond donors (Lipinski definition) is 2. The van der Waals surface area contributed by atoms with Crippen LogP contribution in [-0.4, -0.2) is 31.4 Å². The monoisotopic (exact) mass is 431 g/mol. The van der Waals surface area contributed by atoms with Crippen LogP contribution in [0, 0.1) is 0 Å². The van der Waals surface area contributed by atoms with Crippen molar-refractivity contribution in [1.29, 1.82) is 0 Å². The minimum absolute atomic E-state index is 0.129. The van der Waals surface area contributed by atoms with Crippen LogP contribution in [0.15, 0.2) is 77.9 Å². The normalized spacial score (nSPS) is 11.9. The maximum absolute atomic E-state index is 12.2. The molecule has 0 bridgehead atoms. The topological polar surface area (TPSA) is 98.3 Å². The third-order valence-electron chi connectivity index (χ3n) is 4.58. The van der Waals surface area contributed by atoms with E-state index in [9.17, 15) is 9.59 Å². The highest BCUT2D eigenvalue weighted by molar-refractivity contribution is 5.97. The molecule has 2 N–H and O–H groups in total. The summed E-state index contributed by atoms with van der Waals surface area (Å²) in [5.74, 6) is 0.987. The molecule has 4 rings (SSSR count). The van der Waals surface area contributed by atoms with Crippen molar-refractivity contribution in [2.75, 3.05) is 13.3 Å². The fraction of sp³-hybridized carbons (Fsp3) is 0.125. The standard InChI is InChI=1S/C24H21N3O5/c28-23(14-25-24(29)19-8-11-21-22(12-19)32-16-31-21)27-26-13-17-6-9-20(10-7-17)30-15-18-4-2-1-3-5-18/h1-13H,14-16H2,(H,25,29)(H,27,28)/b26-13+. The number of benzene rings is 3. The summed E-state index contributed by atoms with van der Waals surface area (Å²) in [5.41, 5.74) is 4.64. The van der Waals surface area contributed by atoms with Crippen LogP contribution in [0.4, 0.5) is 0 Å². The minimum Gasteiger partial charge on any atom is -0.489 e. The van der Waals surface area contributed by atoms with E-state index < -0.39 is 11.8 Å². The zero-order valence-electron chi connectivity index (χ0n) is 17.1. The van der Waals surface area contributed by atoms with E-state index >= 15 is 0 Å². The number of nitrogens with zero attached hydrogens (tertiary/aromatic N) is 1. The van der Waals surface area contributed by atoms with Crippen LogP contribution in [0.3, 0.4) is 0 Å². The van der Waals surface area contributed by atoms with Gasteiger partial charge in [0.25, 0.3) is 11.8 Å². The Bertz CT molecular complexity index is 1110. The highest BCUT2D eigenvalue weighted by Gasteiger charge is 2.16. The molecule has 8 nitrogen and oxygen atoms in total. The van der Waals surface area contributed by atoms with Crippen molar-refractivity contribution in [3.63, 3.8) is 0 Å². The van der Waals surface area contributed by atoms with Crippen molar-refractivity contribution in [3.8, 4) is 17.2 Å². The summed E-state index contributed by atoms with van der Waals surface area (Å²) < 4.78 is 16.2. The second-order valence-electron chi connectivity index (χ2n) is 6.89. The van der Waals surface area contributed by atoms with E-state index in [-0.39, 0.29) is 13.3 Å². The van der Waals surface area contributed by atoms with Gasteiger partial charge in [0.2, 0.25) is 6.79 Å². The minimum atomic E-state index is -0.446. The summed E-state index contributed by atoms with van der Waals surface area (Å²) in [6.07, 6.45) is 1.51. The van der Waals surface area contributed by atoms with Gasteiger partial charge in [-0.2, -0.15) is 5.10 Å². The van der Waals surface area contributed by atoms with Crippen molar-refractivity contribution in [2.24, 2.45) is 5.10 Å². The average molecular weight is 431 g/mol. The molecule has 8 heteroatoms. The Balaban J connectivity index is 1.19. The van der Waals surface area contributed by atoms with Gasteiger partial charge in [-0.1, -0.05) is 30.3 Å². The summed E-state index contributed by atoms with van der Waals surface area (Å²) in [7, 11) is 0. The first-order valence-corrected chi connectivity index (χ1v) is 9.94. The number of hydrogen-bond acceptors (Lipinski definition) is 6. The molecule has 0 saturated carbocycles. The second-order valence-corrected chi connectivity index (χ2v) is 6.89. The molecule has 0 aromatic heterocycles. The highest BCUT2D eigenvalue weighted by atomic mass is 16.7. The molecule has 3 aromatic rings. The number of carbonyl (C=O) groups is 2. The van der Waals surface area contributed by atoms with E-state index in [1.807, 2.05) is 54.6 Å². The van der Waals surface area contributed by atoms with Crippen LogP contribution in [0.2, 0.25) is 0 Å². The number of amides is 2. The van der Waals surface area contributed by atoms with Crippen molar-refractivity contribution < 1.29 is 23.8 Å². The SMILES string of the molecule is O=C(CNC(=O)c1ccc2c(c1)OCO2)N/N=C/c1ccc(OCc2ccccc2)cc1. The maximum atomic E-state index is 12.2. The first-order valence-electron chi connectivity index (χ1n) is 9.94. The van der Waals surface area contributed by atoms with Crippen molar-refractivity contribution in [2.45, 2.75) is 6.61 Å². The third-order valence-corrected chi connectivity index (χ3v) is 4.58. The number of hydrazone groups is 1. The Hall–Kier alpha value is -4.33. The molecule has 1 heterocycles. The Morgan fingerprint density at radius 1 is 0.969 bits per heavy atom. The summed E-state index contributed by atoms with van der Waals surface area (Å²) in [4.78, 5) is 24.1. The van der Waals surface area contributed by atoms with Gasteiger partial charge in [-0.15, -0.1) is 0 Å². The molecule has 1 aliphatic rings. The zero-order chi connectivity index (χ0) is 22.2. The van der Waals surface area contributed by atoms with E-state index in [0.717, 1.165) is 16.9 Å². The Morgan fingerprint density at radius 2 is 1.75 bits per heavy atom. The van der Waals surface area contributed by atoms with Crippen LogP contribution >= 0.6 is 0 Å². The summed E-state index contributed by atoms with van der Waals surface area (Å²) in [6.45, 7) is 0.406. The van der Waals surface area contributed by atoms with Crippen LogP contribution < -0.4 is 25.0 Å². The van der Waals surface area contributed by atoms with Crippen LogP contribution in [0.5, 0.6) is 17.2 Å². The Kier molecular flexibility index (Phi) is 6.62. The molecule has 162 valence electrons. The molecular weight excluding hydrogens is 410 g/mol. The number of rotatable bonds is 8. The first kappa shape index (κ1) is 20.9. The fourth-order valence-electron chi connectivity index (χ4n) is 2.91. The summed E-state index contributed by atoms with van der Waals surface area (Å²) >= 11 is 0. The molecule has 0 fully saturated rings. The third kappa shape index (κ3) is 5.63. The lowest BCUT2D eigenvalue weighted by molar-refractivity contribution is -0.120. The van der Waals surface area contributed by atoms with E-state index in [4.69, 9.17) is 14.2 Å². The Labute approximate surface area is 184 Å². The molecule has 0 aliphatic carbocycles. The lowest BCUT2D eigenvalue weighted by atomic mass is 10.2. The molecule has 1 aliphatic heterocycles. The molecule has 0 saturated heterocycles. The quantitative estimate of drug-likeness (QED) is 0.422. The van der Waals surface area contributed by atoms with E-state index in [2.05, 4.69) is 15.8 Å². The number of ether oxygens (including phenoxy) is 3. The van der Waals surface area contributed by atoms with E-state index in [1.54, 1.807) is 18.2 Å². The molecule has 2 amide bonds. The van der Waals surface area contributed by atoms with Gasteiger partial charge in [0.15, 0.2) is 11.5 Å². The molecule has 0 radical (unpaired) electrons. The van der Waals surface area contributed by atoms with Gasteiger partial charge in [-0.3, -0.25) is 9.59 Å². The van der Waals surface area contributed by atoms with Gasteiger partial charge in [-0.05, 0) is 53.6 Å².